The monoisotopic (exact) mass is 519 g/mol. The summed E-state index contributed by atoms with van der Waals surface area (Å²) >= 11 is 3.44. The topological polar surface area (TPSA) is 69.0 Å². The molecule has 3 aromatic carbocycles. The van der Waals surface area contributed by atoms with E-state index in [0.717, 1.165) is 15.6 Å². The normalized spacial score (nSPS) is 15.0. The minimum absolute atomic E-state index is 0.0575. The Labute approximate surface area is 204 Å². The van der Waals surface area contributed by atoms with Gasteiger partial charge >= 0.3 is 0 Å². The Morgan fingerprint density at radius 1 is 1.00 bits per heavy atom. The Morgan fingerprint density at radius 3 is 2.47 bits per heavy atom. The van der Waals surface area contributed by atoms with Gasteiger partial charge in [-0.15, -0.1) is 0 Å². The maximum Gasteiger partial charge on any atom is 0.295 e. The molecule has 0 fully saturated rings. The smallest absolute Gasteiger partial charge is 0.295 e. The van der Waals surface area contributed by atoms with E-state index >= 15 is 0 Å². The van der Waals surface area contributed by atoms with E-state index in [2.05, 4.69) is 15.9 Å². The highest BCUT2D eigenvalue weighted by molar-refractivity contribution is 9.10. The van der Waals surface area contributed by atoms with Crippen LogP contribution in [0.1, 0.15) is 40.2 Å². The molecule has 0 radical (unpaired) electrons. The van der Waals surface area contributed by atoms with Crippen LogP contribution in [0.2, 0.25) is 0 Å². The highest BCUT2D eigenvalue weighted by atomic mass is 79.9. The lowest BCUT2D eigenvalue weighted by atomic mass is 9.97. The first-order valence-corrected chi connectivity index (χ1v) is 11.7. The number of ether oxygens (including phenoxy) is 2. The summed E-state index contributed by atoms with van der Waals surface area (Å²) < 4.78 is 18.1. The number of amides is 1. The third-order valence-electron chi connectivity index (χ3n) is 5.93. The number of methoxy groups -OCH3 is 1. The van der Waals surface area contributed by atoms with E-state index in [1.54, 1.807) is 30.2 Å². The largest absolute Gasteiger partial charge is 0.493 e. The zero-order valence-corrected chi connectivity index (χ0v) is 20.5. The van der Waals surface area contributed by atoms with Gasteiger partial charge in [0.15, 0.2) is 16.9 Å². The summed E-state index contributed by atoms with van der Waals surface area (Å²) in [6.07, 6.45) is 0. The van der Waals surface area contributed by atoms with E-state index in [-0.39, 0.29) is 17.1 Å². The van der Waals surface area contributed by atoms with Gasteiger partial charge < -0.3 is 13.9 Å². The predicted octanol–water partition coefficient (Wildman–Crippen LogP) is 6.02. The number of rotatable bonds is 5. The van der Waals surface area contributed by atoms with Crippen LogP contribution in [-0.2, 0) is 0 Å². The van der Waals surface area contributed by atoms with Crippen LogP contribution in [0.15, 0.2) is 74.3 Å². The van der Waals surface area contributed by atoms with Gasteiger partial charge in [-0.1, -0.05) is 33.6 Å². The molecule has 7 heteroatoms. The summed E-state index contributed by atoms with van der Waals surface area (Å²) in [4.78, 5) is 29.0. The second-order valence-corrected chi connectivity index (χ2v) is 8.99. The van der Waals surface area contributed by atoms with Gasteiger partial charge in [0.2, 0.25) is 5.76 Å². The average molecular weight is 520 g/mol. The minimum atomic E-state index is -0.686. The van der Waals surface area contributed by atoms with Crippen molar-refractivity contribution in [3.63, 3.8) is 0 Å². The van der Waals surface area contributed by atoms with Crippen LogP contribution >= 0.6 is 15.9 Å². The number of fused-ring (bicyclic) bond motifs is 2. The number of nitrogens with zero attached hydrogens (tertiary/aromatic N) is 1. The SMILES string of the molecule is CCOc1ccc(C2c3c(oc4ccc(C)cc4c3=O)C(=O)N2c2ccc(Br)cc2)cc1OC. The van der Waals surface area contributed by atoms with Crippen molar-refractivity contribution in [2.24, 2.45) is 0 Å². The molecule has 0 bridgehead atoms. The quantitative estimate of drug-likeness (QED) is 0.322. The highest BCUT2D eigenvalue weighted by Crippen LogP contribution is 2.43. The maximum atomic E-state index is 13.8. The Kier molecular flexibility index (Phi) is 5.65. The average Bonchev–Trinajstić information content (AvgIpc) is 3.13. The maximum absolute atomic E-state index is 13.8. The number of aryl methyl sites for hydroxylation is 1. The molecular weight excluding hydrogens is 498 g/mol. The number of benzene rings is 3. The molecule has 0 N–H and O–H groups in total. The first kappa shape index (κ1) is 22.2. The second kappa shape index (κ2) is 8.65. The van der Waals surface area contributed by atoms with Crippen LogP contribution in [0.25, 0.3) is 11.0 Å². The summed E-state index contributed by atoms with van der Waals surface area (Å²) in [6.45, 7) is 4.30. The molecule has 34 heavy (non-hydrogen) atoms. The number of hydrogen-bond acceptors (Lipinski definition) is 5. The van der Waals surface area contributed by atoms with Crippen LogP contribution in [0.3, 0.4) is 0 Å². The fraction of sp³-hybridized carbons (Fsp3) is 0.185. The Hall–Kier alpha value is -3.58. The minimum Gasteiger partial charge on any atom is -0.493 e. The molecule has 1 aliphatic heterocycles. The van der Waals surface area contributed by atoms with Crippen molar-refractivity contribution < 1.29 is 18.7 Å². The molecule has 1 aromatic heterocycles. The van der Waals surface area contributed by atoms with E-state index in [1.165, 1.54) is 0 Å². The molecule has 0 saturated heterocycles. The second-order valence-electron chi connectivity index (χ2n) is 8.07. The number of carbonyl (C=O) groups excluding carboxylic acids is 1. The van der Waals surface area contributed by atoms with Gasteiger partial charge in [-0.2, -0.15) is 0 Å². The van der Waals surface area contributed by atoms with E-state index in [9.17, 15) is 9.59 Å². The molecule has 0 aliphatic carbocycles. The van der Waals surface area contributed by atoms with Gasteiger partial charge in [-0.25, -0.2) is 0 Å². The molecule has 172 valence electrons. The predicted molar refractivity (Wildman–Crippen MR) is 134 cm³/mol. The van der Waals surface area contributed by atoms with E-state index in [1.807, 2.05) is 56.3 Å². The molecule has 5 rings (SSSR count). The van der Waals surface area contributed by atoms with Crippen molar-refractivity contribution in [1.82, 2.24) is 0 Å². The molecule has 0 spiro atoms. The molecule has 2 heterocycles. The summed E-state index contributed by atoms with van der Waals surface area (Å²) in [6, 6.07) is 17.5. The number of anilines is 1. The lowest BCUT2D eigenvalue weighted by Gasteiger charge is -2.26. The highest BCUT2D eigenvalue weighted by Gasteiger charge is 2.44. The molecule has 1 atom stereocenters. The van der Waals surface area contributed by atoms with Crippen molar-refractivity contribution in [3.05, 3.63) is 97.8 Å². The van der Waals surface area contributed by atoms with Gasteiger partial charge in [0.25, 0.3) is 5.91 Å². The van der Waals surface area contributed by atoms with E-state index in [0.29, 0.717) is 40.3 Å². The third-order valence-corrected chi connectivity index (χ3v) is 6.46. The zero-order valence-electron chi connectivity index (χ0n) is 18.9. The van der Waals surface area contributed by atoms with E-state index in [4.69, 9.17) is 13.9 Å². The molecule has 0 saturated carbocycles. The van der Waals surface area contributed by atoms with Gasteiger partial charge in [-0.05, 0) is 67.9 Å². The van der Waals surface area contributed by atoms with E-state index < -0.39 is 6.04 Å². The molecule has 4 aromatic rings. The van der Waals surface area contributed by atoms with Crippen LogP contribution in [0, 0.1) is 6.92 Å². The first-order chi connectivity index (χ1) is 16.4. The molecule has 1 unspecified atom stereocenters. The fourth-order valence-electron chi connectivity index (χ4n) is 4.40. The molecule has 1 amide bonds. The number of halogens is 1. The Morgan fingerprint density at radius 2 is 1.76 bits per heavy atom. The summed E-state index contributed by atoms with van der Waals surface area (Å²) in [5.41, 5.74) is 2.80. The van der Waals surface area contributed by atoms with Crippen LogP contribution in [-0.4, -0.2) is 19.6 Å². The van der Waals surface area contributed by atoms with Gasteiger partial charge in [-0.3, -0.25) is 14.5 Å². The lowest BCUT2D eigenvalue weighted by Crippen LogP contribution is -2.29. The van der Waals surface area contributed by atoms with Gasteiger partial charge in [0, 0.05) is 10.2 Å². The van der Waals surface area contributed by atoms with Crippen molar-refractivity contribution in [2.45, 2.75) is 19.9 Å². The summed E-state index contributed by atoms with van der Waals surface area (Å²) in [5.74, 6) is 0.809. The summed E-state index contributed by atoms with van der Waals surface area (Å²) in [7, 11) is 1.56. The lowest BCUT2D eigenvalue weighted by molar-refractivity contribution is 0.0971. The van der Waals surface area contributed by atoms with Crippen LogP contribution in [0.5, 0.6) is 11.5 Å². The standard InChI is InChI=1S/C27H22BrNO5/c1-4-33-21-12-6-16(14-22(21)32-3)24-23-25(30)19-13-15(2)5-11-20(19)34-26(23)27(31)29(24)18-9-7-17(28)8-10-18/h5-14,24H,4H2,1-3H3. The van der Waals surface area contributed by atoms with Crippen molar-refractivity contribution in [2.75, 3.05) is 18.6 Å². The Balaban J connectivity index is 1.78. The summed E-state index contributed by atoms with van der Waals surface area (Å²) in [5, 5.41) is 0.451. The van der Waals surface area contributed by atoms with Crippen molar-refractivity contribution in [1.29, 1.82) is 0 Å². The molecular formula is C27H22BrNO5. The molecule has 1 aliphatic rings. The van der Waals surface area contributed by atoms with Crippen LogP contribution < -0.4 is 19.8 Å². The van der Waals surface area contributed by atoms with Gasteiger partial charge in [0.1, 0.15) is 5.58 Å². The van der Waals surface area contributed by atoms with Crippen molar-refractivity contribution in [3.8, 4) is 11.5 Å². The number of hydrogen-bond donors (Lipinski definition) is 0. The van der Waals surface area contributed by atoms with Crippen molar-refractivity contribution >= 4 is 38.5 Å². The van der Waals surface area contributed by atoms with Crippen LogP contribution in [0.4, 0.5) is 5.69 Å². The fourth-order valence-corrected chi connectivity index (χ4v) is 4.66. The van der Waals surface area contributed by atoms with Gasteiger partial charge in [0.05, 0.1) is 30.7 Å². The third kappa shape index (κ3) is 3.56. The number of carbonyl (C=O) groups is 1. The Bertz CT molecular complexity index is 1480. The first-order valence-electron chi connectivity index (χ1n) is 10.9. The molecule has 6 nitrogen and oxygen atoms in total. The zero-order chi connectivity index (χ0) is 24.0.